The number of aromatic nitrogens is 3. The number of hydrogen-bond acceptors (Lipinski definition) is 6. The first-order valence-electron chi connectivity index (χ1n) is 7.46. The molecule has 152 valence electrons. The largest absolute Gasteiger partial charge is 0.345 e. The fourth-order valence-corrected chi connectivity index (χ4v) is 3.25. The summed E-state index contributed by atoms with van der Waals surface area (Å²) in [6, 6.07) is 0. The Kier molecular flexibility index (Phi) is 8.97. The lowest BCUT2D eigenvalue weighted by Gasteiger charge is -2.13. The summed E-state index contributed by atoms with van der Waals surface area (Å²) in [6.45, 7) is 3.39. The Morgan fingerprint density at radius 1 is 1.26 bits per heavy atom. The van der Waals surface area contributed by atoms with Gasteiger partial charge in [0.15, 0.2) is 0 Å². The molecule has 0 saturated carbocycles. The van der Waals surface area contributed by atoms with Crippen molar-refractivity contribution in [3.63, 3.8) is 0 Å². The van der Waals surface area contributed by atoms with Gasteiger partial charge in [-0.15, -0.1) is 36.2 Å². The van der Waals surface area contributed by atoms with Gasteiger partial charge in [0.25, 0.3) is 17.4 Å². The molecule has 27 heavy (non-hydrogen) atoms. The summed E-state index contributed by atoms with van der Waals surface area (Å²) in [5.41, 5.74) is 6.67. The van der Waals surface area contributed by atoms with E-state index in [4.69, 9.17) is 5.73 Å². The van der Waals surface area contributed by atoms with E-state index >= 15 is 0 Å². The molecule has 3 N–H and O–H groups in total. The highest BCUT2D eigenvalue weighted by atomic mass is 35.5. The molecular formula is C15H21Cl2F2N5O2S. The average molecular weight is 444 g/mol. The van der Waals surface area contributed by atoms with E-state index < -0.39 is 24.9 Å². The van der Waals surface area contributed by atoms with Crippen molar-refractivity contribution in [2.75, 3.05) is 13.1 Å². The molecule has 2 rings (SSSR count). The molecule has 7 nitrogen and oxygen atoms in total. The maximum absolute atomic E-state index is 13.2. The minimum absolute atomic E-state index is 0. The monoisotopic (exact) mass is 443 g/mol. The van der Waals surface area contributed by atoms with Crippen LogP contribution in [-0.2, 0) is 7.05 Å². The van der Waals surface area contributed by atoms with E-state index in [0.717, 1.165) is 11.3 Å². The summed E-state index contributed by atoms with van der Waals surface area (Å²) in [5, 5.41) is 6.61. The highest BCUT2D eigenvalue weighted by Gasteiger charge is 2.28. The number of nitrogens with two attached hydrogens (primary N) is 1. The Bertz CT molecular complexity index is 886. The standard InChI is InChI=1S/C15H19F2N5O2S.2ClH/c1-7-8(2)21-22(4)14(24)10(7)13-20-9(3)11(25-13)12(23)19-6-15(16,17)5-18;;/h5-6,18H2,1-4H3,(H,19,23);2*1H. The molecule has 0 radical (unpaired) electrons. The van der Waals surface area contributed by atoms with Crippen LogP contribution in [0.4, 0.5) is 8.78 Å². The number of carbonyl (C=O) groups excluding carboxylic acids is 1. The van der Waals surface area contributed by atoms with Crippen molar-refractivity contribution >= 4 is 42.1 Å². The number of halogens is 4. The molecule has 0 spiro atoms. The van der Waals surface area contributed by atoms with E-state index in [-0.39, 0.29) is 35.3 Å². The van der Waals surface area contributed by atoms with Gasteiger partial charge in [0, 0.05) is 7.05 Å². The SMILES string of the molecule is Cc1nc(-c2c(C)c(C)nn(C)c2=O)sc1C(=O)NCC(F)(F)CN.Cl.Cl. The third-order valence-electron chi connectivity index (χ3n) is 3.75. The third kappa shape index (κ3) is 5.44. The van der Waals surface area contributed by atoms with Crippen molar-refractivity contribution in [3.8, 4) is 10.6 Å². The molecule has 0 fully saturated rings. The van der Waals surface area contributed by atoms with Crippen molar-refractivity contribution in [1.29, 1.82) is 0 Å². The van der Waals surface area contributed by atoms with Crippen molar-refractivity contribution in [2.24, 2.45) is 12.8 Å². The Hall–Kier alpha value is -1.62. The van der Waals surface area contributed by atoms with Gasteiger partial charge in [-0.25, -0.2) is 18.4 Å². The lowest BCUT2D eigenvalue weighted by molar-refractivity contribution is 0.0119. The molecule has 0 aliphatic carbocycles. The predicted octanol–water partition coefficient (Wildman–Crippen LogP) is 2.00. The van der Waals surface area contributed by atoms with Crippen LogP contribution in [0.3, 0.4) is 0 Å². The Morgan fingerprint density at radius 3 is 2.41 bits per heavy atom. The molecule has 0 unspecified atom stereocenters. The van der Waals surface area contributed by atoms with Gasteiger partial charge in [0.05, 0.1) is 30.0 Å². The maximum Gasteiger partial charge on any atom is 0.277 e. The zero-order valence-electron chi connectivity index (χ0n) is 15.1. The molecule has 0 aromatic carbocycles. The van der Waals surface area contributed by atoms with Crippen LogP contribution in [0.25, 0.3) is 10.6 Å². The van der Waals surface area contributed by atoms with Gasteiger partial charge in [-0.05, 0) is 26.3 Å². The summed E-state index contributed by atoms with van der Waals surface area (Å²) >= 11 is 0.984. The Balaban J connectivity index is 0.00000338. The third-order valence-corrected chi connectivity index (χ3v) is 4.92. The summed E-state index contributed by atoms with van der Waals surface area (Å²) in [5.74, 6) is -3.85. The van der Waals surface area contributed by atoms with E-state index in [1.165, 1.54) is 11.7 Å². The fourth-order valence-electron chi connectivity index (χ4n) is 2.18. The first-order valence-corrected chi connectivity index (χ1v) is 8.27. The van der Waals surface area contributed by atoms with E-state index in [0.29, 0.717) is 27.5 Å². The van der Waals surface area contributed by atoms with Crippen LogP contribution in [0.5, 0.6) is 0 Å². The van der Waals surface area contributed by atoms with E-state index in [1.807, 2.05) is 0 Å². The summed E-state index contributed by atoms with van der Waals surface area (Å²) in [7, 11) is 1.53. The lowest BCUT2D eigenvalue weighted by Crippen LogP contribution is -2.41. The van der Waals surface area contributed by atoms with Crippen molar-refractivity contribution < 1.29 is 13.6 Å². The van der Waals surface area contributed by atoms with Crippen LogP contribution in [-0.4, -0.2) is 39.7 Å². The second-order valence-electron chi connectivity index (χ2n) is 5.69. The maximum atomic E-state index is 13.2. The number of rotatable bonds is 5. The van der Waals surface area contributed by atoms with Crippen molar-refractivity contribution in [1.82, 2.24) is 20.1 Å². The van der Waals surface area contributed by atoms with Crippen LogP contribution in [0, 0.1) is 20.8 Å². The molecule has 12 heteroatoms. The summed E-state index contributed by atoms with van der Waals surface area (Å²) in [4.78, 5) is 29.0. The van der Waals surface area contributed by atoms with Crippen LogP contribution in [0.2, 0.25) is 0 Å². The zero-order chi connectivity index (χ0) is 18.9. The van der Waals surface area contributed by atoms with Crippen LogP contribution in [0.1, 0.15) is 26.6 Å². The van der Waals surface area contributed by atoms with E-state index in [2.05, 4.69) is 15.4 Å². The summed E-state index contributed by atoms with van der Waals surface area (Å²) < 4.78 is 27.6. The normalized spacial score (nSPS) is 10.8. The molecule has 2 heterocycles. The molecule has 1 amide bonds. The second kappa shape index (κ2) is 9.54. The lowest BCUT2D eigenvalue weighted by atomic mass is 10.1. The fraction of sp³-hybridized carbons (Fsp3) is 0.467. The van der Waals surface area contributed by atoms with Crippen molar-refractivity contribution in [3.05, 3.63) is 32.2 Å². The topological polar surface area (TPSA) is 103 Å². The minimum atomic E-state index is -3.17. The van der Waals surface area contributed by atoms with E-state index in [9.17, 15) is 18.4 Å². The summed E-state index contributed by atoms with van der Waals surface area (Å²) in [6.07, 6.45) is 0. The van der Waals surface area contributed by atoms with Crippen LogP contribution >= 0.6 is 36.2 Å². The number of alkyl halides is 2. The van der Waals surface area contributed by atoms with Crippen LogP contribution in [0.15, 0.2) is 4.79 Å². The molecule has 0 aliphatic heterocycles. The predicted molar refractivity (Wildman–Crippen MR) is 106 cm³/mol. The molecule has 2 aromatic heterocycles. The number of thiazole rings is 1. The highest BCUT2D eigenvalue weighted by Crippen LogP contribution is 2.28. The number of hydrogen-bond donors (Lipinski definition) is 2. The number of amides is 1. The smallest absolute Gasteiger partial charge is 0.277 e. The average Bonchev–Trinajstić information content (AvgIpc) is 2.92. The van der Waals surface area contributed by atoms with Gasteiger partial charge in [-0.1, -0.05) is 0 Å². The molecule has 0 aliphatic rings. The molecule has 0 saturated heterocycles. The Morgan fingerprint density at radius 2 is 1.85 bits per heavy atom. The number of carbonyl (C=O) groups is 1. The molecule has 0 bridgehead atoms. The van der Waals surface area contributed by atoms with Gasteiger partial charge in [-0.3, -0.25) is 9.59 Å². The first kappa shape index (κ1) is 25.4. The zero-order valence-corrected chi connectivity index (χ0v) is 17.6. The Labute approximate surface area is 171 Å². The quantitative estimate of drug-likeness (QED) is 0.735. The van der Waals surface area contributed by atoms with Gasteiger partial charge < -0.3 is 11.1 Å². The second-order valence-corrected chi connectivity index (χ2v) is 6.69. The van der Waals surface area contributed by atoms with Crippen LogP contribution < -0.4 is 16.6 Å². The number of aryl methyl sites for hydroxylation is 3. The molecule has 2 aromatic rings. The van der Waals surface area contributed by atoms with E-state index in [1.54, 1.807) is 20.8 Å². The number of nitrogens with one attached hydrogen (secondary N) is 1. The van der Waals surface area contributed by atoms with Gasteiger partial charge in [0.2, 0.25) is 0 Å². The minimum Gasteiger partial charge on any atom is -0.345 e. The number of nitrogens with zero attached hydrogens (tertiary/aromatic N) is 3. The molecular weight excluding hydrogens is 423 g/mol. The van der Waals surface area contributed by atoms with Gasteiger partial charge in [0.1, 0.15) is 9.88 Å². The van der Waals surface area contributed by atoms with Gasteiger partial charge in [-0.2, -0.15) is 5.10 Å². The van der Waals surface area contributed by atoms with Gasteiger partial charge >= 0.3 is 0 Å². The highest BCUT2D eigenvalue weighted by molar-refractivity contribution is 7.17. The molecule has 0 atom stereocenters. The van der Waals surface area contributed by atoms with Crippen molar-refractivity contribution in [2.45, 2.75) is 26.7 Å². The first-order chi connectivity index (χ1) is 11.6.